The summed E-state index contributed by atoms with van der Waals surface area (Å²) >= 11 is 0. The maximum atomic E-state index is 13.2. The Kier molecular flexibility index (Phi) is 6.49. The quantitative estimate of drug-likeness (QED) is 0.461. The molecule has 2 saturated heterocycles. The van der Waals surface area contributed by atoms with E-state index in [9.17, 15) is 31.9 Å². The third kappa shape index (κ3) is 5.02. The van der Waals surface area contributed by atoms with E-state index in [0.29, 0.717) is 48.2 Å². The van der Waals surface area contributed by atoms with Gasteiger partial charge in [0, 0.05) is 23.6 Å². The average molecular weight is 549 g/mol. The average Bonchev–Trinajstić information content (AvgIpc) is 3.53. The molecule has 2 N–H and O–H groups in total. The summed E-state index contributed by atoms with van der Waals surface area (Å²) in [6.45, 7) is -0.883. The standard InChI is InChI=1S/C25H26F2N4O6S/c1-25(9-11-38(35,36)14-25)28-22(32)15-7-8-19-18(12-15)21(30-10-3-6-20(30)23(33)34)29-31(19)16-4-2-5-17(13-16)37-24(26)27/h2,4-5,7-8,12-13,20,24H,3,6,9-11,14H2,1H3,(H,28,32)(H,33,34)/t20-,25-/m0/s1. The number of alkyl halides is 2. The molecule has 3 heterocycles. The molecule has 10 nitrogen and oxygen atoms in total. The number of aliphatic carboxylic acids is 1. The van der Waals surface area contributed by atoms with Crippen LogP contribution in [0.4, 0.5) is 14.6 Å². The van der Waals surface area contributed by atoms with Gasteiger partial charge >= 0.3 is 12.6 Å². The van der Waals surface area contributed by atoms with Crippen LogP contribution in [0.5, 0.6) is 5.75 Å². The van der Waals surface area contributed by atoms with Gasteiger partial charge in [0.05, 0.1) is 28.2 Å². The molecule has 0 unspecified atom stereocenters. The van der Waals surface area contributed by atoms with Gasteiger partial charge in [-0.2, -0.15) is 8.78 Å². The number of nitrogens with one attached hydrogen (secondary N) is 1. The Morgan fingerprint density at radius 2 is 2.03 bits per heavy atom. The van der Waals surface area contributed by atoms with Crippen molar-refractivity contribution in [3.63, 3.8) is 0 Å². The van der Waals surface area contributed by atoms with Gasteiger partial charge in [-0.3, -0.25) is 4.79 Å². The van der Waals surface area contributed by atoms with Gasteiger partial charge in [-0.05, 0) is 56.5 Å². The van der Waals surface area contributed by atoms with Gasteiger partial charge in [-0.25, -0.2) is 17.9 Å². The minimum atomic E-state index is -3.23. The first-order chi connectivity index (χ1) is 17.9. The first-order valence-corrected chi connectivity index (χ1v) is 13.9. The second-order valence-electron chi connectivity index (χ2n) is 9.89. The molecule has 5 rings (SSSR count). The number of carboxylic acids is 1. The van der Waals surface area contributed by atoms with Crippen molar-refractivity contribution in [3.05, 3.63) is 48.0 Å². The Morgan fingerprint density at radius 3 is 2.71 bits per heavy atom. The fraction of sp³-hybridized carbons (Fsp3) is 0.400. The molecule has 0 spiro atoms. The van der Waals surface area contributed by atoms with Crippen LogP contribution in [-0.2, 0) is 14.6 Å². The van der Waals surface area contributed by atoms with E-state index in [1.54, 1.807) is 36.1 Å². The second kappa shape index (κ2) is 9.53. The number of sulfone groups is 1. The SMILES string of the molecule is C[C@]1(NC(=O)c2ccc3c(c2)c(N2CCC[C@H]2C(=O)O)nn3-c2cccc(OC(F)F)c2)CCS(=O)(=O)C1. The number of anilines is 1. The number of rotatable bonds is 7. The molecular weight excluding hydrogens is 522 g/mol. The van der Waals surface area contributed by atoms with Crippen LogP contribution in [0.25, 0.3) is 16.6 Å². The molecule has 2 aliphatic rings. The van der Waals surface area contributed by atoms with Gasteiger partial charge in [-0.1, -0.05) is 6.07 Å². The Labute approximate surface area is 217 Å². The largest absolute Gasteiger partial charge is 0.480 e. The molecule has 0 bridgehead atoms. The zero-order valence-corrected chi connectivity index (χ0v) is 21.2. The molecule has 1 amide bonds. The number of benzene rings is 2. The number of carboxylic acid groups (broad SMARTS) is 1. The maximum absolute atomic E-state index is 13.2. The van der Waals surface area contributed by atoms with Crippen LogP contribution >= 0.6 is 0 Å². The number of hydrogen-bond donors (Lipinski definition) is 2. The smallest absolute Gasteiger partial charge is 0.387 e. The van der Waals surface area contributed by atoms with Crippen LogP contribution in [-0.4, -0.2) is 71.4 Å². The maximum Gasteiger partial charge on any atom is 0.387 e. The number of amides is 1. The fourth-order valence-electron chi connectivity index (χ4n) is 5.18. The predicted molar refractivity (Wildman–Crippen MR) is 135 cm³/mol. The van der Waals surface area contributed by atoms with Crippen LogP contribution in [0.15, 0.2) is 42.5 Å². The highest BCUT2D eigenvalue weighted by Gasteiger charge is 2.40. The molecule has 2 atom stereocenters. The summed E-state index contributed by atoms with van der Waals surface area (Å²) < 4.78 is 55.5. The van der Waals surface area contributed by atoms with Crippen molar-refractivity contribution in [1.82, 2.24) is 15.1 Å². The topological polar surface area (TPSA) is 131 Å². The van der Waals surface area contributed by atoms with Crippen molar-refractivity contribution in [2.24, 2.45) is 0 Å². The Morgan fingerprint density at radius 1 is 1.24 bits per heavy atom. The van der Waals surface area contributed by atoms with Crippen LogP contribution < -0.4 is 15.0 Å². The molecule has 2 aliphatic heterocycles. The number of hydrogen-bond acceptors (Lipinski definition) is 7. The summed E-state index contributed by atoms with van der Waals surface area (Å²) in [5.74, 6) is -1.34. The Balaban J connectivity index is 1.58. The molecule has 2 aromatic carbocycles. The zero-order chi connectivity index (χ0) is 27.2. The summed E-state index contributed by atoms with van der Waals surface area (Å²) in [5, 5.41) is 17.7. The third-order valence-electron chi connectivity index (χ3n) is 6.94. The summed E-state index contributed by atoms with van der Waals surface area (Å²) in [5.41, 5.74) is 0.291. The summed E-state index contributed by atoms with van der Waals surface area (Å²) in [6.07, 6.45) is 1.36. The molecule has 3 aromatic rings. The van der Waals surface area contributed by atoms with E-state index in [2.05, 4.69) is 15.2 Å². The Hall–Kier alpha value is -3.74. The summed E-state index contributed by atoms with van der Waals surface area (Å²) in [7, 11) is -3.23. The molecular formula is C25H26F2N4O6S. The zero-order valence-electron chi connectivity index (χ0n) is 20.4. The van der Waals surface area contributed by atoms with Crippen molar-refractivity contribution in [3.8, 4) is 11.4 Å². The number of fused-ring (bicyclic) bond motifs is 1. The van der Waals surface area contributed by atoms with Crippen LogP contribution in [0.2, 0.25) is 0 Å². The van der Waals surface area contributed by atoms with E-state index < -0.39 is 39.9 Å². The van der Waals surface area contributed by atoms with Crippen molar-refractivity contribution in [2.45, 2.75) is 44.4 Å². The number of nitrogens with zero attached hydrogens (tertiary/aromatic N) is 3. The minimum absolute atomic E-state index is 0.000389. The Bertz CT molecular complexity index is 1530. The normalized spacial score (nSPS) is 22.7. The molecule has 38 heavy (non-hydrogen) atoms. The van der Waals surface area contributed by atoms with Crippen molar-refractivity contribution in [1.29, 1.82) is 0 Å². The molecule has 0 aliphatic carbocycles. The van der Waals surface area contributed by atoms with Gasteiger partial charge in [-0.15, -0.1) is 5.10 Å². The van der Waals surface area contributed by atoms with E-state index in [4.69, 9.17) is 0 Å². The van der Waals surface area contributed by atoms with Crippen molar-refractivity contribution < 1.29 is 36.6 Å². The number of halogens is 2. The molecule has 2 fully saturated rings. The van der Waals surface area contributed by atoms with Crippen molar-refractivity contribution >= 4 is 38.4 Å². The molecule has 1 aromatic heterocycles. The van der Waals surface area contributed by atoms with E-state index in [-0.39, 0.29) is 22.8 Å². The molecule has 0 saturated carbocycles. The summed E-state index contributed by atoms with van der Waals surface area (Å²) in [6, 6.07) is 9.94. The van der Waals surface area contributed by atoms with Gasteiger partial charge < -0.3 is 20.1 Å². The lowest BCUT2D eigenvalue weighted by molar-refractivity contribution is -0.138. The lowest BCUT2D eigenvalue weighted by atomic mass is 10.0. The second-order valence-corrected chi connectivity index (χ2v) is 12.1. The van der Waals surface area contributed by atoms with Gasteiger partial charge in [0.15, 0.2) is 15.7 Å². The van der Waals surface area contributed by atoms with E-state index in [1.807, 2.05) is 0 Å². The lowest BCUT2D eigenvalue weighted by Gasteiger charge is -2.24. The van der Waals surface area contributed by atoms with E-state index in [1.165, 1.54) is 22.9 Å². The van der Waals surface area contributed by atoms with E-state index in [0.717, 1.165) is 0 Å². The lowest BCUT2D eigenvalue weighted by Crippen LogP contribution is -2.46. The monoisotopic (exact) mass is 548 g/mol. The number of carbonyl (C=O) groups is 2. The highest BCUT2D eigenvalue weighted by Crippen LogP contribution is 2.35. The van der Waals surface area contributed by atoms with Crippen molar-refractivity contribution in [2.75, 3.05) is 23.0 Å². The van der Waals surface area contributed by atoms with E-state index >= 15 is 0 Å². The molecule has 13 heteroatoms. The summed E-state index contributed by atoms with van der Waals surface area (Å²) in [4.78, 5) is 26.7. The number of aromatic nitrogens is 2. The number of ether oxygens (including phenoxy) is 1. The predicted octanol–water partition coefficient (Wildman–Crippen LogP) is 2.99. The molecule has 202 valence electrons. The van der Waals surface area contributed by atoms with Crippen LogP contribution in [0, 0.1) is 0 Å². The molecule has 0 radical (unpaired) electrons. The first kappa shape index (κ1) is 25.9. The fourth-order valence-corrected chi connectivity index (χ4v) is 7.27. The number of carbonyl (C=O) groups excluding carboxylic acids is 1. The van der Waals surface area contributed by atoms with Gasteiger partial charge in [0.2, 0.25) is 0 Å². The third-order valence-corrected chi connectivity index (χ3v) is 8.84. The van der Waals surface area contributed by atoms with Crippen LogP contribution in [0.3, 0.4) is 0 Å². The van der Waals surface area contributed by atoms with Gasteiger partial charge in [0.1, 0.15) is 11.8 Å². The highest BCUT2D eigenvalue weighted by atomic mass is 32.2. The van der Waals surface area contributed by atoms with Gasteiger partial charge in [0.25, 0.3) is 5.91 Å². The van der Waals surface area contributed by atoms with Crippen LogP contribution in [0.1, 0.15) is 36.5 Å². The minimum Gasteiger partial charge on any atom is -0.480 e. The first-order valence-electron chi connectivity index (χ1n) is 12.1. The highest BCUT2D eigenvalue weighted by molar-refractivity contribution is 7.91.